The van der Waals surface area contributed by atoms with Crippen molar-refractivity contribution in [3.63, 3.8) is 0 Å². The molecular weight excluding hydrogens is 276 g/mol. The van der Waals surface area contributed by atoms with Gasteiger partial charge in [-0.05, 0) is 48.8 Å². The van der Waals surface area contributed by atoms with E-state index in [0.717, 1.165) is 44.7 Å². The van der Waals surface area contributed by atoms with Crippen LogP contribution in [0, 0.1) is 11.8 Å². The van der Waals surface area contributed by atoms with E-state index in [1.165, 1.54) is 12.0 Å². The van der Waals surface area contributed by atoms with Gasteiger partial charge in [0, 0.05) is 37.2 Å². The van der Waals surface area contributed by atoms with Gasteiger partial charge >= 0.3 is 0 Å². The predicted octanol–water partition coefficient (Wildman–Crippen LogP) is 2.00. The molecule has 1 aliphatic carbocycles. The molecule has 4 atom stereocenters. The number of amides is 1. The zero-order chi connectivity index (χ0) is 15.1. The molecule has 2 N–H and O–H groups in total. The number of likely N-dealkylation sites (tertiary alicyclic amines) is 1. The second-order valence-electron chi connectivity index (χ2n) is 7.06. The van der Waals surface area contributed by atoms with Crippen molar-refractivity contribution in [1.29, 1.82) is 0 Å². The number of rotatable bonds is 2. The van der Waals surface area contributed by atoms with Gasteiger partial charge in [0.15, 0.2) is 0 Å². The van der Waals surface area contributed by atoms with Gasteiger partial charge in [0.2, 0.25) is 0 Å². The smallest absolute Gasteiger partial charge is 0.253 e. The number of hydrogen-bond acceptors (Lipinski definition) is 3. The second-order valence-corrected chi connectivity index (χ2v) is 7.06. The lowest BCUT2D eigenvalue weighted by Crippen LogP contribution is -2.33. The summed E-state index contributed by atoms with van der Waals surface area (Å²) in [6.45, 7) is 3.33. The molecule has 3 fully saturated rings. The first-order valence-corrected chi connectivity index (χ1v) is 8.45. The third-order valence-electron chi connectivity index (χ3n) is 5.73. The summed E-state index contributed by atoms with van der Waals surface area (Å²) in [5, 5.41) is 0. The molecule has 22 heavy (non-hydrogen) atoms. The molecule has 2 saturated heterocycles. The average Bonchev–Trinajstić information content (AvgIpc) is 3.25. The first-order valence-electron chi connectivity index (χ1n) is 8.45. The van der Waals surface area contributed by atoms with E-state index in [0.29, 0.717) is 17.8 Å². The molecule has 1 saturated carbocycles. The summed E-state index contributed by atoms with van der Waals surface area (Å²) in [7, 11) is 0. The van der Waals surface area contributed by atoms with Crippen LogP contribution in [0.3, 0.4) is 0 Å². The van der Waals surface area contributed by atoms with Crippen molar-refractivity contribution in [2.75, 3.05) is 26.3 Å². The maximum atomic E-state index is 12.8. The van der Waals surface area contributed by atoms with Gasteiger partial charge in [-0.1, -0.05) is 12.1 Å². The summed E-state index contributed by atoms with van der Waals surface area (Å²) in [5.41, 5.74) is 8.23. The maximum Gasteiger partial charge on any atom is 0.253 e. The molecule has 0 radical (unpaired) electrons. The molecule has 4 rings (SSSR count). The molecule has 3 aliphatic rings. The van der Waals surface area contributed by atoms with Crippen molar-refractivity contribution in [3.05, 3.63) is 35.4 Å². The number of carbonyl (C=O) groups excluding carboxylic acids is 1. The van der Waals surface area contributed by atoms with Crippen molar-refractivity contribution in [3.8, 4) is 0 Å². The Balaban J connectivity index is 1.50. The lowest BCUT2D eigenvalue weighted by atomic mass is 9.96. The second kappa shape index (κ2) is 5.67. The fourth-order valence-electron chi connectivity index (χ4n) is 4.38. The molecule has 2 heterocycles. The normalized spacial score (nSPS) is 34.1. The minimum Gasteiger partial charge on any atom is -0.381 e. The van der Waals surface area contributed by atoms with Gasteiger partial charge < -0.3 is 15.4 Å². The Morgan fingerprint density at radius 1 is 1.23 bits per heavy atom. The molecule has 2 aliphatic heterocycles. The minimum absolute atomic E-state index is 0.169. The SMILES string of the molecule is NC1CCC2CN(C(=O)c3cccc(C4CCOC4)c3)CC12. The van der Waals surface area contributed by atoms with Crippen molar-refractivity contribution >= 4 is 5.91 Å². The number of hydrogen-bond donors (Lipinski definition) is 1. The number of nitrogens with zero attached hydrogens (tertiary/aromatic N) is 1. The quantitative estimate of drug-likeness (QED) is 0.909. The van der Waals surface area contributed by atoms with E-state index in [1.54, 1.807) is 0 Å². The van der Waals surface area contributed by atoms with Gasteiger partial charge in [0.25, 0.3) is 5.91 Å². The molecule has 0 spiro atoms. The average molecular weight is 300 g/mol. The zero-order valence-electron chi connectivity index (χ0n) is 12.9. The Labute approximate surface area is 131 Å². The van der Waals surface area contributed by atoms with Gasteiger partial charge in [0.05, 0.1) is 6.61 Å². The Morgan fingerprint density at radius 2 is 2.14 bits per heavy atom. The van der Waals surface area contributed by atoms with E-state index >= 15 is 0 Å². The molecule has 0 aromatic heterocycles. The van der Waals surface area contributed by atoms with Crippen LogP contribution in [0.2, 0.25) is 0 Å². The highest BCUT2D eigenvalue weighted by atomic mass is 16.5. The third-order valence-corrected chi connectivity index (χ3v) is 5.73. The Bertz CT molecular complexity index is 568. The van der Waals surface area contributed by atoms with Gasteiger partial charge in [-0.3, -0.25) is 4.79 Å². The van der Waals surface area contributed by atoms with E-state index in [1.807, 2.05) is 17.0 Å². The van der Waals surface area contributed by atoms with Crippen LogP contribution in [0.15, 0.2) is 24.3 Å². The number of fused-ring (bicyclic) bond motifs is 1. The number of ether oxygens (including phenoxy) is 1. The van der Waals surface area contributed by atoms with Gasteiger partial charge in [-0.25, -0.2) is 0 Å². The highest BCUT2D eigenvalue weighted by Crippen LogP contribution is 2.37. The summed E-state index contributed by atoms with van der Waals surface area (Å²) in [6.07, 6.45) is 3.35. The van der Waals surface area contributed by atoms with Crippen LogP contribution in [-0.4, -0.2) is 43.2 Å². The summed E-state index contributed by atoms with van der Waals surface area (Å²) in [6, 6.07) is 8.41. The largest absolute Gasteiger partial charge is 0.381 e. The highest BCUT2D eigenvalue weighted by Gasteiger charge is 2.42. The maximum absolute atomic E-state index is 12.8. The van der Waals surface area contributed by atoms with Crippen LogP contribution in [-0.2, 0) is 4.74 Å². The van der Waals surface area contributed by atoms with Gasteiger partial charge in [0.1, 0.15) is 0 Å². The van der Waals surface area contributed by atoms with Crippen molar-refractivity contribution < 1.29 is 9.53 Å². The van der Waals surface area contributed by atoms with Gasteiger partial charge in [-0.15, -0.1) is 0 Å². The number of nitrogens with two attached hydrogens (primary N) is 1. The van der Waals surface area contributed by atoms with Crippen molar-refractivity contribution in [1.82, 2.24) is 4.90 Å². The van der Waals surface area contributed by atoms with E-state index < -0.39 is 0 Å². The van der Waals surface area contributed by atoms with Crippen LogP contribution < -0.4 is 5.73 Å². The summed E-state index contributed by atoms with van der Waals surface area (Å²) in [4.78, 5) is 14.8. The van der Waals surface area contributed by atoms with Crippen LogP contribution >= 0.6 is 0 Å². The van der Waals surface area contributed by atoms with Crippen LogP contribution in [0.25, 0.3) is 0 Å². The summed E-state index contributed by atoms with van der Waals surface area (Å²) in [5.74, 6) is 1.74. The molecule has 4 heteroatoms. The standard InChI is InChI=1S/C18H24N2O2/c19-17-5-4-14-9-20(10-16(14)17)18(21)13-3-1-2-12(8-13)15-6-7-22-11-15/h1-3,8,14-17H,4-7,9-11,19H2. The molecule has 1 aromatic rings. The van der Waals surface area contributed by atoms with E-state index in [2.05, 4.69) is 12.1 Å². The third kappa shape index (κ3) is 2.44. The minimum atomic E-state index is 0.169. The van der Waals surface area contributed by atoms with E-state index in [-0.39, 0.29) is 11.9 Å². The molecule has 1 aromatic carbocycles. The first kappa shape index (κ1) is 14.2. The molecule has 118 valence electrons. The number of benzene rings is 1. The van der Waals surface area contributed by atoms with Crippen LogP contribution in [0.1, 0.15) is 41.1 Å². The lowest BCUT2D eigenvalue weighted by Gasteiger charge is -2.19. The monoisotopic (exact) mass is 300 g/mol. The molecule has 4 unspecified atom stereocenters. The number of carbonyl (C=O) groups is 1. The van der Waals surface area contributed by atoms with E-state index in [9.17, 15) is 4.79 Å². The molecular formula is C18H24N2O2. The van der Waals surface area contributed by atoms with Crippen molar-refractivity contribution in [2.24, 2.45) is 17.6 Å². The predicted molar refractivity (Wildman–Crippen MR) is 84.7 cm³/mol. The van der Waals surface area contributed by atoms with Gasteiger partial charge in [-0.2, -0.15) is 0 Å². The van der Waals surface area contributed by atoms with E-state index in [4.69, 9.17) is 10.5 Å². The lowest BCUT2D eigenvalue weighted by molar-refractivity contribution is 0.0779. The zero-order valence-corrected chi connectivity index (χ0v) is 12.9. The summed E-state index contributed by atoms with van der Waals surface area (Å²) < 4.78 is 5.46. The fraction of sp³-hybridized carbons (Fsp3) is 0.611. The van der Waals surface area contributed by atoms with Crippen molar-refractivity contribution in [2.45, 2.75) is 31.2 Å². The topological polar surface area (TPSA) is 55.6 Å². The Hall–Kier alpha value is -1.39. The Morgan fingerprint density at radius 3 is 2.91 bits per heavy atom. The molecule has 4 nitrogen and oxygen atoms in total. The molecule has 0 bridgehead atoms. The van der Waals surface area contributed by atoms with Crippen LogP contribution in [0.4, 0.5) is 0 Å². The van der Waals surface area contributed by atoms with Crippen LogP contribution in [0.5, 0.6) is 0 Å². The molecule has 1 amide bonds. The highest BCUT2D eigenvalue weighted by molar-refractivity contribution is 5.94. The summed E-state index contributed by atoms with van der Waals surface area (Å²) >= 11 is 0. The first-order chi connectivity index (χ1) is 10.7. The Kier molecular flexibility index (Phi) is 3.66. The fourth-order valence-corrected chi connectivity index (χ4v) is 4.38.